The summed E-state index contributed by atoms with van der Waals surface area (Å²) in [6.07, 6.45) is 0.253. The highest BCUT2D eigenvalue weighted by Gasteiger charge is 2.30. The van der Waals surface area contributed by atoms with Gasteiger partial charge in [-0.1, -0.05) is 12.1 Å². The van der Waals surface area contributed by atoms with Gasteiger partial charge in [-0.3, -0.25) is 14.2 Å². The van der Waals surface area contributed by atoms with Crippen molar-refractivity contribution >= 4 is 22.5 Å². The van der Waals surface area contributed by atoms with Crippen LogP contribution in [0.4, 0.5) is 5.69 Å². The maximum Gasteiger partial charge on any atom is 0.261 e. The average molecular weight is 349 g/mol. The third-order valence-corrected chi connectivity index (χ3v) is 4.82. The molecule has 4 rings (SSSR count). The van der Waals surface area contributed by atoms with Crippen molar-refractivity contribution in [2.45, 2.75) is 25.9 Å². The SMILES string of the molecule is COc1ccc(N2C(=O)CCn3c(nc4ccccc4c3=O)C2C)cc1. The van der Waals surface area contributed by atoms with Gasteiger partial charge in [0.05, 0.1) is 24.1 Å². The lowest BCUT2D eigenvalue weighted by molar-refractivity contribution is -0.119. The van der Waals surface area contributed by atoms with Crippen LogP contribution in [0.15, 0.2) is 53.3 Å². The molecule has 1 amide bonds. The molecule has 2 aromatic carbocycles. The smallest absolute Gasteiger partial charge is 0.261 e. The largest absolute Gasteiger partial charge is 0.497 e. The fourth-order valence-corrected chi connectivity index (χ4v) is 3.49. The minimum atomic E-state index is -0.351. The summed E-state index contributed by atoms with van der Waals surface area (Å²) >= 11 is 0. The number of nitrogens with zero attached hydrogens (tertiary/aromatic N) is 3. The number of carbonyl (C=O) groups is 1. The highest BCUT2D eigenvalue weighted by molar-refractivity contribution is 5.94. The van der Waals surface area contributed by atoms with Crippen LogP contribution in [0, 0.1) is 0 Å². The zero-order valence-corrected chi connectivity index (χ0v) is 14.7. The lowest BCUT2D eigenvalue weighted by atomic mass is 10.2. The third-order valence-electron chi connectivity index (χ3n) is 4.82. The molecule has 1 atom stereocenters. The molecule has 0 spiro atoms. The van der Waals surface area contributed by atoms with Crippen LogP contribution >= 0.6 is 0 Å². The number of anilines is 1. The molecule has 0 fully saturated rings. The second-order valence-electron chi connectivity index (χ2n) is 6.33. The van der Waals surface area contributed by atoms with E-state index in [0.717, 1.165) is 11.4 Å². The van der Waals surface area contributed by atoms with Crippen LogP contribution in [-0.2, 0) is 11.3 Å². The molecule has 3 aromatic rings. The molecule has 0 aliphatic carbocycles. The van der Waals surface area contributed by atoms with Gasteiger partial charge in [-0.15, -0.1) is 0 Å². The van der Waals surface area contributed by atoms with E-state index < -0.39 is 0 Å². The molecular weight excluding hydrogens is 330 g/mol. The first-order valence-electron chi connectivity index (χ1n) is 8.55. The number of amides is 1. The first-order chi connectivity index (χ1) is 12.6. The van der Waals surface area contributed by atoms with Crippen molar-refractivity contribution in [3.63, 3.8) is 0 Å². The Kier molecular flexibility index (Phi) is 3.95. The van der Waals surface area contributed by atoms with Crippen LogP contribution in [0.1, 0.15) is 25.2 Å². The number of hydrogen-bond donors (Lipinski definition) is 0. The molecule has 0 N–H and O–H groups in total. The molecule has 6 heteroatoms. The van der Waals surface area contributed by atoms with Gasteiger partial charge in [0.25, 0.3) is 5.56 Å². The van der Waals surface area contributed by atoms with Crippen LogP contribution in [0.3, 0.4) is 0 Å². The molecular formula is C20H19N3O3. The van der Waals surface area contributed by atoms with E-state index in [1.165, 1.54) is 0 Å². The topological polar surface area (TPSA) is 64.4 Å². The van der Waals surface area contributed by atoms with Crippen molar-refractivity contribution in [3.8, 4) is 5.75 Å². The van der Waals surface area contributed by atoms with Gasteiger partial charge < -0.3 is 9.64 Å². The number of ether oxygens (including phenoxy) is 1. The van der Waals surface area contributed by atoms with E-state index in [2.05, 4.69) is 0 Å². The lowest BCUT2D eigenvalue weighted by Crippen LogP contribution is -2.33. The van der Waals surface area contributed by atoms with Gasteiger partial charge in [0.2, 0.25) is 5.91 Å². The van der Waals surface area contributed by atoms with Crippen molar-refractivity contribution < 1.29 is 9.53 Å². The Bertz CT molecular complexity index is 1040. The summed E-state index contributed by atoms with van der Waals surface area (Å²) in [7, 11) is 1.60. The molecule has 0 radical (unpaired) electrons. The Morgan fingerprint density at radius 3 is 2.54 bits per heavy atom. The maximum atomic E-state index is 12.9. The van der Waals surface area contributed by atoms with Gasteiger partial charge >= 0.3 is 0 Å². The number of rotatable bonds is 2. The predicted molar refractivity (Wildman–Crippen MR) is 99.5 cm³/mol. The number of hydrogen-bond acceptors (Lipinski definition) is 4. The molecule has 132 valence electrons. The van der Waals surface area contributed by atoms with Crippen molar-refractivity contribution in [2.75, 3.05) is 12.0 Å². The normalized spacial score (nSPS) is 17.1. The second kappa shape index (κ2) is 6.29. The molecule has 0 saturated heterocycles. The molecule has 0 bridgehead atoms. The molecule has 0 saturated carbocycles. The standard InChI is InChI=1S/C20H19N3O3/c1-13-19-21-17-6-4-3-5-16(17)20(25)22(19)12-11-18(24)23(13)14-7-9-15(26-2)10-8-14/h3-10,13H,11-12H2,1-2H3. The number of para-hydroxylation sites is 1. The average Bonchev–Trinajstić information content (AvgIpc) is 2.79. The van der Waals surface area contributed by atoms with Crippen molar-refractivity contribution in [1.82, 2.24) is 9.55 Å². The molecule has 2 heterocycles. The Balaban J connectivity index is 1.87. The number of aromatic nitrogens is 2. The maximum absolute atomic E-state index is 12.9. The van der Waals surface area contributed by atoms with E-state index in [0.29, 0.717) is 23.3 Å². The van der Waals surface area contributed by atoms with Gasteiger partial charge in [0.1, 0.15) is 11.6 Å². The van der Waals surface area contributed by atoms with E-state index in [9.17, 15) is 9.59 Å². The van der Waals surface area contributed by atoms with Gasteiger partial charge in [0.15, 0.2) is 0 Å². The van der Waals surface area contributed by atoms with Gasteiger partial charge in [0, 0.05) is 18.7 Å². The third kappa shape index (κ3) is 2.54. The van der Waals surface area contributed by atoms with E-state index in [-0.39, 0.29) is 23.9 Å². The van der Waals surface area contributed by atoms with Crippen molar-refractivity contribution in [3.05, 3.63) is 64.7 Å². The van der Waals surface area contributed by atoms with Crippen LogP contribution in [0.25, 0.3) is 10.9 Å². The monoisotopic (exact) mass is 349 g/mol. The van der Waals surface area contributed by atoms with Crippen LogP contribution in [0.2, 0.25) is 0 Å². The summed E-state index contributed by atoms with van der Waals surface area (Å²) < 4.78 is 6.83. The van der Waals surface area contributed by atoms with E-state index in [1.807, 2.05) is 49.4 Å². The molecule has 1 aliphatic heterocycles. The highest BCUT2D eigenvalue weighted by atomic mass is 16.5. The molecule has 1 aliphatic rings. The Morgan fingerprint density at radius 2 is 1.81 bits per heavy atom. The zero-order chi connectivity index (χ0) is 18.3. The Morgan fingerprint density at radius 1 is 1.08 bits per heavy atom. The van der Waals surface area contributed by atoms with E-state index in [1.54, 1.807) is 22.6 Å². The van der Waals surface area contributed by atoms with Crippen molar-refractivity contribution in [2.24, 2.45) is 0 Å². The number of methoxy groups -OCH3 is 1. The summed E-state index contributed by atoms with van der Waals surface area (Å²) in [5.41, 5.74) is 1.32. The number of carbonyl (C=O) groups excluding carboxylic acids is 1. The minimum absolute atomic E-state index is 0.0309. The Labute approximate surface area is 150 Å². The fourth-order valence-electron chi connectivity index (χ4n) is 3.49. The van der Waals surface area contributed by atoms with Crippen LogP contribution in [-0.4, -0.2) is 22.6 Å². The quantitative estimate of drug-likeness (QED) is 0.714. The first-order valence-corrected chi connectivity index (χ1v) is 8.55. The molecule has 26 heavy (non-hydrogen) atoms. The summed E-state index contributed by atoms with van der Waals surface area (Å²) in [6, 6.07) is 14.3. The van der Waals surface area contributed by atoms with Gasteiger partial charge in [-0.25, -0.2) is 4.98 Å². The van der Waals surface area contributed by atoms with Gasteiger partial charge in [-0.05, 0) is 43.3 Å². The Hall–Kier alpha value is -3.15. The predicted octanol–water partition coefficient (Wildman–Crippen LogP) is 2.90. The van der Waals surface area contributed by atoms with Gasteiger partial charge in [-0.2, -0.15) is 0 Å². The lowest BCUT2D eigenvalue weighted by Gasteiger charge is -2.27. The van der Waals surface area contributed by atoms with Crippen molar-refractivity contribution in [1.29, 1.82) is 0 Å². The first kappa shape index (κ1) is 16.3. The highest BCUT2D eigenvalue weighted by Crippen LogP contribution is 2.30. The summed E-state index contributed by atoms with van der Waals surface area (Å²) in [5.74, 6) is 1.30. The van der Waals surface area contributed by atoms with Crippen LogP contribution in [0.5, 0.6) is 5.75 Å². The zero-order valence-electron chi connectivity index (χ0n) is 14.7. The fraction of sp³-hybridized carbons (Fsp3) is 0.250. The second-order valence-corrected chi connectivity index (χ2v) is 6.33. The summed E-state index contributed by atoms with van der Waals surface area (Å²) in [5, 5.41) is 0.578. The number of benzene rings is 2. The van der Waals surface area contributed by atoms with E-state index in [4.69, 9.17) is 9.72 Å². The van der Waals surface area contributed by atoms with E-state index >= 15 is 0 Å². The minimum Gasteiger partial charge on any atom is -0.497 e. The molecule has 1 unspecified atom stereocenters. The van der Waals surface area contributed by atoms with Crippen LogP contribution < -0.4 is 15.2 Å². The number of fused-ring (bicyclic) bond motifs is 2. The molecule has 1 aromatic heterocycles. The summed E-state index contributed by atoms with van der Waals surface area (Å²) in [6.45, 7) is 2.24. The molecule has 6 nitrogen and oxygen atoms in total. The summed E-state index contributed by atoms with van der Waals surface area (Å²) in [4.78, 5) is 32.1.